The summed E-state index contributed by atoms with van der Waals surface area (Å²) in [5.41, 5.74) is 0.788. The van der Waals surface area contributed by atoms with E-state index < -0.39 is 0 Å². The van der Waals surface area contributed by atoms with Crippen molar-refractivity contribution < 1.29 is 9.53 Å². The Morgan fingerprint density at radius 2 is 1.88 bits per heavy atom. The van der Waals surface area contributed by atoms with Crippen LogP contribution in [-0.4, -0.2) is 23.8 Å². The van der Waals surface area contributed by atoms with Crippen molar-refractivity contribution in [2.75, 3.05) is 13.2 Å². The van der Waals surface area contributed by atoms with Gasteiger partial charge in [0, 0.05) is 18.8 Å². The molecule has 1 aromatic carbocycles. The number of ether oxygens (including phenoxy) is 1. The number of halogens is 1. The largest absolute Gasteiger partial charge is 0.381 e. The topological polar surface area (TPSA) is 26.3 Å². The van der Waals surface area contributed by atoms with Crippen molar-refractivity contribution in [2.24, 2.45) is 5.92 Å². The van der Waals surface area contributed by atoms with E-state index in [0.29, 0.717) is 5.92 Å². The van der Waals surface area contributed by atoms with Crippen LogP contribution in [0.25, 0.3) is 0 Å². The van der Waals surface area contributed by atoms with Gasteiger partial charge in [-0.15, -0.1) is 0 Å². The predicted octanol–water partition coefficient (Wildman–Crippen LogP) is 3.06. The molecule has 86 valence electrons. The third kappa shape index (κ3) is 2.71. The predicted molar refractivity (Wildman–Crippen MR) is 67.0 cm³/mol. The summed E-state index contributed by atoms with van der Waals surface area (Å²) in [6.45, 7) is 1.55. The number of hydrogen-bond donors (Lipinski definition) is 0. The van der Waals surface area contributed by atoms with E-state index in [4.69, 9.17) is 4.74 Å². The van der Waals surface area contributed by atoms with Crippen LogP contribution in [0.1, 0.15) is 23.2 Å². The SMILES string of the molecule is O=C(c1ccccc1)C(Br)C1CCOCC1. The Hall–Kier alpha value is -0.670. The molecule has 1 aromatic rings. The normalized spacial score (nSPS) is 19.3. The lowest BCUT2D eigenvalue weighted by atomic mass is 9.92. The average Bonchev–Trinajstić information content (AvgIpc) is 2.39. The molecule has 1 aliphatic heterocycles. The van der Waals surface area contributed by atoms with Crippen LogP contribution >= 0.6 is 15.9 Å². The van der Waals surface area contributed by atoms with Gasteiger partial charge in [0.15, 0.2) is 5.78 Å². The van der Waals surface area contributed by atoms with E-state index in [2.05, 4.69) is 15.9 Å². The van der Waals surface area contributed by atoms with Crippen LogP contribution < -0.4 is 0 Å². The minimum Gasteiger partial charge on any atom is -0.381 e. The Kier molecular flexibility index (Phi) is 4.13. The van der Waals surface area contributed by atoms with Gasteiger partial charge in [0.2, 0.25) is 0 Å². The molecule has 0 aliphatic carbocycles. The van der Waals surface area contributed by atoms with Crippen molar-refractivity contribution in [2.45, 2.75) is 17.7 Å². The summed E-state index contributed by atoms with van der Waals surface area (Å²) >= 11 is 3.54. The van der Waals surface area contributed by atoms with Gasteiger partial charge in [-0.1, -0.05) is 46.3 Å². The van der Waals surface area contributed by atoms with Crippen molar-refractivity contribution in [3.63, 3.8) is 0 Å². The third-order valence-corrected chi connectivity index (χ3v) is 4.15. The first kappa shape index (κ1) is 11.8. The number of rotatable bonds is 3. The number of hydrogen-bond acceptors (Lipinski definition) is 2. The molecular weight excluding hydrogens is 268 g/mol. The fourth-order valence-corrected chi connectivity index (χ4v) is 2.78. The smallest absolute Gasteiger partial charge is 0.176 e. The third-order valence-electron chi connectivity index (χ3n) is 2.99. The van der Waals surface area contributed by atoms with Crippen LogP contribution in [0.2, 0.25) is 0 Å². The standard InChI is InChI=1S/C13H15BrO2/c14-12(10-6-8-16-9-7-10)13(15)11-4-2-1-3-5-11/h1-5,10,12H,6-9H2. The molecule has 0 saturated carbocycles. The first-order valence-corrected chi connectivity index (χ1v) is 6.51. The van der Waals surface area contributed by atoms with E-state index >= 15 is 0 Å². The van der Waals surface area contributed by atoms with E-state index in [-0.39, 0.29) is 10.6 Å². The summed E-state index contributed by atoms with van der Waals surface area (Å²) in [6, 6.07) is 9.47. The molecule has 0 aromatic heterocycles. The Balaban J connectivity index is 2.04. The van der Waals surface area contributed by atoms with Gasteiger partial charge in [-0.25, -0.2) is 0 Å². The van der Waals surface area contributed by atoms with E-state index in [1.807, 2.05) is 30.3 Å². The maximum atomic E-state index is 12.2. The molecular formula is C13H15BrO2. The molecule has 1 unspecified atom stereocenters. The maximum absolute atomic E-state index is 12.2. The quantitative estimate of drug-likeness (QED) is 0.629. The molecule has 0 amide bonds. The zero-order valence-electron chi connectivity index (χ0n) is 9.06. The molecule has 1 aliphatic rings. The number of alkyl halides is 1. The maximum Gasteiger partial charge on any atom is 0.176 e. The van der Waals surface area contributed by atoms with Crippen LogP contribution in [0.15, 0.2) is 30.3 Å². The molecule has 2 nitrogen and oxygen atoms in total. The molecule has 1 heterocycles. The second-order valence-electron chi connectivity index (χ2n) is 4.08. The lowest BCUT2D eigenvalue weighted by Gasteiger charge is -2.25. The number of ketones is 1. The van der Waals surface area contributed by atoms with Gasteiger partial charge >= 0.3 is 0 Å². The molecule has 1 saturated heterocycles. The molecule has 0 radical (unpaired) electrons. The van der Waals surface area contributed by atoms with Gasteiger partial charge in [0.05, 0.1) is 4.83 Å². The van der Waals surface area contributed by atoms with Gasteiger partial charge in [0.1, 0.15) is 0 Å². The van der Waals surface area contributed by atoms with Crippen molar-refractivity contribution in [3.05, 3.63) is 35.9 Å². The first-order chi connectivity index (χ1) is 7.79. The second-order valence-corrected chi connectivity index (χ2v) is 5.07. The molecule has 2 rings (SSSR count). The van der Waals surface area contributed by atoms with E-state index in [0.717, 1.165) is 31.6 Å². The molecule has 3 heteroatoms. The van der Waals surface area contributed by atoms with E-state index in [1.165, 1.54) is 0 Å². The first-order valence-electron chi connectivity index (χ1n) is 5.60. The lowest BCUT2D eigenvalue weighted by Crippen LogP contribution is -2.29. The fourth-order valence-electron chi connectivity index (χ4n) is 1.98. The molecule has 0 N–H and O–H groups in total. The van der Waals surface area contributed by atoms with Crippen LogP contribution in [0.5, 0.6) is 0 Å². The van der Waals surface area contributed by atoms with Crippen LogP contribution in [-0.2, 0) is 4.74 Å². The summed E-state index contributed by atoms with van der Waals surface area (Å²) in [4.78, 5) is 12.1. The molecule has 0 bridgehead atoms. The molecule has 1 fully saturated rings. The highest BCUT2D eigenvalue weighted by Crippen LogP contribution is 2.26. The minimum atomic E-state index is -0.0706. The Morgan fingerprint density at radius 1 is 1.25 bits per heavy atom. The van der Waals surface area contributed by atoms with E-state index in [9.17, 15) is 4.79 Å². The number of carbonyl (C=O) groups is 1. The summed E-state index contributed by atoms with van der Waals surface area (Å²) in [5, 5.41) is 0. The zero-order chi connectivity index (χ0) is 11.4. The van der Waals surface area contributed by atoms with Crippen molar-refractivity contribution >= 4 is 21.7 Å². The Morgan fingerprint density at radius 3 is 2.50 bits per heavy atom. The molecule has 0 spiro atoms. The Labute approximate surface area is 104 Å². The van der Waals surface area contributed by atoms with E-state index in [1.54, 1.807) is 0 Å². The summed E-state index contributed by atoms with van der Waals surface area (Å²) < 4.78 is 5.30. The molecule has 16 heavy (non-hydrogen) atoms. The van der Waals surface area contributed by atoms with Gasteiger partial charge in [-0.05, 0) is 18.8 Å². The fraction of sp³-hybridized carbons (Fsp3) is 0.462. The van der Waals surface area contributed by atoms with Gasteiger partial charge in [0.25, 0.3) is 0 Å². The van der Waals surface area contributed by atoms with Crippen LogP contribution in [0, 0.1) is 5.92 Å². The van der Waals surface area contributed by atoms with Gasteiger partial charge in [-0.2, -0.15) is 0 Å². The molecule has 1 atom stereocenters. The highest BCUT2D eigenvalue weighted by Gasteiger charge is 2.27. The highest BCUT2D eigenvalue weighted by molar-refractivity contribution is 9.10. The van der Waals surface area contributed by atoms with Gasteiger partial charge < -0.3 is 4.74 Å². The number of carbonyl (C=O) groups excluding carboxylic acids is 1. The lowest BCUT2D eigenvalue weighted by molar-refractivity contribution is 0.0624. The highest BCUT2D eigenvalue weighted by atomic mass is 79.9. The van der Waals surface area contributed by atoms with Crippen molar-refractivity contribution in [1.29, 1.82) is 0 Å². The number of Topliss-reactive ketones (excluding diaryl/α,β-unsaturated/α-hetero) is 1. The van der Waals surface area contributed by atoms with Gasteiger partial charge in [-0.3, -0.25) is 4.79 Å². The number of benzene rings is 1. The van der Waals surface area contributed by atoms with Crippen molar-refractivity contribution in [1.82, 2.24) is 0 Å². The second kappa shape index (κ2) is 5.60. The van der Waals surface area contributed by atoms with Crippen molar-refractivity contribution in [3.8, 4) is 0 Å². The average molecular weight is 283 g/mol. The summed E-state index contributed by atoms with van der Waals surface area (Å²) in [7, 11) is 0. The van der Waals surface area contributed by atoms with Crippen LogP contribution in [0.4, 0.5) is 0 Å². The Bertz CT molecular complexity index is 344. The minimum absolute atomic E-state index is 0.0706. The monoisotopic (exact) mass is 282 g/mol. The summed E-state index contributed by atoms with van der Waals surface area (Å²) in [5.74, 6) is 0.592. The van der Waals surface area contributed by atoms with Crippen LogP contribution in [0.3, 0.4) is 0 Å². The summed E-state index contributed by atoms with van der Waals surface area (Å²) in [6.07, 6.45) is 1.93. The zero-order valence-corrected chi connectivity index (χ0v) is 10.7.